The van der Waals surface area contributed by atoms with Crippen molar-refractivity contribution in [2.45, 2.75) is 13.8 Å². The predicted molar refractivity (Wildman–Crippen MR) is 41.2 cm³/mol. The van der Waals surface area contributed by atoms with Gasteiger partial charge in [-0.05, 0) is 17.3 Å². The van der Waals surface area contributed by atoms with Crippen LogP contribution < -0.4 is 51.4 Å². The smallest absolute Gasteiger partial charge is 0.448 e. The van der Waals surface area contributed by atoms with Crippen molar-refractivity contribution < 1.29 is 64.3 Å². The van der Waals surface area contributed by atoms with E-state index in [2.05, 4.69) is 0 Å². The molecule has 0 fully saturated rings. The minimum absolute atomic E-state index is 0. The van der Waals surface area contributed by atoms with Gasteiger partial charge in [-0.25, -0.2) is 0 Å². The Morgan fingerprint density at radius 2 is 1.73 bits per heavy atom. The molecule has 0 unspecified atom stereocenters. The van der Waals surface area contributed by atoms with E-state index in [-0.39, 0.29) is 51.4 Å². The number of hydrogen-bond acceptors (Lipinski definition) is 1. The van der Waals surface area contributed by atoms with Gasteiger partial charge < -0.3 is 12.9 Å². The Bertz CT molecular complexity index is 96.2. The van der Waals surface area contributed by atoms with Crippen LogP contribution in [0.25, 0.3) is 0 Å². The largest absolute Gasteiger partial charge is 1.00 e. The van der Waals surface area contributed by atoms with Crippen molar-refractivity contribution in [1.29, 1.82) is 0 Å². The van der Waals surface area contributed by atoms with Crippen LogP contribution in [0.1, 0.15) is 13.8 Å². The van der Waals surface area contributed by atoms with Gasteiger partial charge in [0.1, 0.15) is 0 Å². The Labute approximate surface area is 113 Å². The molecule has 0 spiro atoms. The zero-order chi connectivity index (χ0) is 8.20. The molecule has 62 valence electrons. The Morgan fingerprint density at radius 3 is 2.00 bits per heavy atom. The molecule has 0 aliphatic heterocycles. The molecule has 0 nitrogen and oxygen atoms in total. The Morgan fingerprint density at radius 1 is 1.27 bits per heavy atom. The molecular formula is C5H11BF3KS. The third-order valence-corrected chi connectivity index (χ3v) is 2.27. The first-order valence-corrected chi connectivity index (χ1v) is 4.36. The summed E-state index contributed by atoms with van der Waals surface area (Å²) >= 11 is 0.971. The molecule has 0 radical (unpaired) electrons. The van der Waals surface area contributed by atoms with E-state index in [9.17, 15) is 12.9 Å². The predicted octanol–water partition coefficient (Wildman–Crippen LogP) is -0.234. The SMILES string of the molecule is CC(C)CSC[B-](F)(F)F.[K+]. The standard InChI is InChI=1S/C5H11BF3S.K/c1-5(2)3-10-4-6(7,8)9;/h5H,3-4H2,1-2H3;/q-1;+1. The Kier molecular flexibility index (Phi) is 10.1. The second-order valence-corrected chi connectivity index (χ2v) is 3.72. The number of thioether (sulfide) groups is 1. The molecule has 0 rings (SSSR count). The zero-order valence-corrected chi connectivity index (χ0v) is 11.1. The van der Waals surface area contributed by atoms with E-state index in [1.54, 1.807) is 0 Å². The van der Waals surface area contributed by atoms with Crippen LogP contribution >= 0.6 is 11.8 Å². The van der Waals surface area contributed by atoms with E-state index in [0.717, 1.165) is 11.8 Å². The van der Waals surface area contributed by atoms with Crippen molar-refractivity contribution in [2.75, 3.05) is 11.4 Å². The van der Waals surface area contributed by atoms with Crippen LogP contribution in [0.15, 0.2) is 0 Å². The van der Waals surface area contributed by atoms with Gasteiger partial charge in [0.25, 0.3) is 0 Å². The van der Waals surface area contributed by atoms with Gasteiger partial charge >= 0.3 is 58.4 Å². The quantitative estimate of drug-likeness (QED) is 0.577. The summed E-state index contributed by atoms with van der Waals surface area (Å²) < 4.78 is 34.6. The Balaban J connectivity index is 0. The van der Waals surface area contributed by atoms with Crippen molar-refractivity contribution in [1.82, 2.24) is 0 Å². The maximum atomic E-state index is 11.5. The summed E-state index contributed by atoms with van der Waals surface area (Å²) in [5.41, 5.74) is -0.655. The fourth-order valence-corrected chi connectivity index (χ4v) is 1.31. The number of hydrogen-bond donors (Lipinski definition) is 0. The van der Waals surface area contributed by atoms with Crippen molar-refractivity contribution in [3.63, 3.8) is 0 Å². The fraction of sp³-hybridized carbons (Fsp3) is 1.00. The minimum Gasteiger partial charge on any atom is -0.448 e. The van der Waals surface area contributed by atoms with Crippen molar-refractivity contribution >= 4 is 18.7 Å². The summed E-state index contributed by atoms with van der Waals surface area (Å²) in [7, 11) is 0. The molecule has 0 aliphatic carbocycles. The van der Waals surface area contributed by atoms with E-state index in [1.165, 1.54) is 0 Å². The maximum Gasteiger partial charge on any atom is 1.00 e. The molecule has 0 bridgehead atoms. The van der Waals surface area contributed by atoms with Gasteiger partial charge in [0.05, 0.1) is 0 Å². The van der Waals surface area contributed by atoms with Gasteiger partial charge in [0, 0.05) is 0 Å². The normalized spacial score (nSPS) is 11.5. The second kappa shape index (κ2) is 7.26. The summed E-state index contributed by atoms with van der Waals surface area (Å²) in [6, 6.07) is 0. The van der Waals surface area contributed by atoms with Crippen LogP contribution in [0.3, 0.4) is 0 Å². The first-order chi connectivity index (χ1) is 4.42. The fourth-order valence-electron chi connectivity index (χ4n) is 0.437. The van der Waals surface area contributed by atoms with Crippen LogP contribution in [-0.2, 0) is 0 Å². The van der Waals surface area contributed by atoms with Crippen molar-refractivity contribution in [2.24, 2.45) is 5.92 Å². The third kappa shape index (κ3) is 14.7. The molecular weight excluding hydrogens is 199 g/mol. The summed E-state index contributed by atoms with van der Waals surface area (Å²) in [6.07, 6.45) is 0. The van der Waals surface area contributed by atoms with Crippen molar-refractivity contribution in [3.05, 3.63) is 0 Å². The molecule has 0 saturated heterocycles. The topological polar surface area (TPSA) is 0 Å². The van der Waals surface area contributed by atoms with Crippen LogP contribution in [0.2, 0.25) is 0 Å². The summed E-state index contributed by atoms with van der Waals surface area (Å²) in [5.74, 6) is 0.949. The van der Waals surface area contributed by atoms with Crippen LogP contribution in [-0.4, -0.2) is 18.4 Å². The molecule has 0 N–H and O–H groups in total. The minimum atomic E-state index is -4.57. The van der Waals surface area contributed by atoms with Gasteiger partial charge in [-0.15, -0.1) is 0 Å². The monoisotopic (exact) mass is 210 g/mol. The zero-order valence-electron chi connectivity index (χ0n) is 7.11. The van der Waals surface area contributed by atoms with E-state index < -0.39 is 12.6 Å². The first-order valence-electron chi connectivity index (χ1n) is 3.20. The molecule has 0 aliphatic rings. The summed E-state index contributed by atoms with van der Waals surface area (Å²) in [6.45, 7) is -0.742. The van der Waals surface area contributed by atoms with Crippen molar-refractivity contribution in [3.8, 4) is 0 Å². The first kappa shape index (κ1) is 15.3. The number of rotatable bonds is 4. The van der Waals surface area contributed by atoms with Gasteiger partial charge in [-0.3, -0.25) is 0 Å². The molecule has 0 aromatic carbocycles. The molecule has 0 aromatic rings. The van der Waals surface area contributed by atoms with Gasteiger partial charge in [-0.2, -0.15) is 11.8 Å². The van der Waals surface area contributed by atoms with E-state index in [0.29, 0.717) is 11.7 Å². The van der Waals surface area contributed by atoms with Crippen LogP contribution in [0.4, 0.5) is 12.9 Å². The molecule has 0 amide bonds. The van der Waals surface area contributed by atoms with Crippen LogP contribution in [0.5, 0.6) is 0 Å². The average Bonchev–Trinajstić information content (AvgIpc) is 1.59. The van der Waals surface area contributed by atoms with Gasteiger partial charge in [-0.1, -0.05) is 13.8 Å². The molecule has 11 heavy (non-hydrogen) atoms. The van der Waals surface area contributed by atoms with Gasteiger partial charge in [0.2, 0.25) is 0 Å². The van der Waals surface area contributed by atoms with E-state index >= 15 is 0 Å². The van der Waals surface area contributed by atoms with E-state index in [1.807, 2.05) is 13.8 Å². The third-order valence-electron chi connectivity index (χ3n) is 0.758. The second-order valence-electron chi connectivity index (χ2n) is 2.64. The summed E-state index contributed by atoms with van der Waals surface area (Å²) in [4.78, 5) is 0. The van der Waals surface area contributed by atoms with Gasteiger partial charge in [0.15, 0.2) is 0 Å². The maximum absolute atomic E-state index is 11.5. The molecule has 0 saturated carbocycles. The molecule has 6 heteroatoms. The molecule has 0 heterocycles. The molecule has 0 aromatic heterocycles. The Hall–Kier alpha value is 1.84. The average molecular weight is 210 g/mol. The molecule has 0 atom stereocenters. The summed E-state index contributed by atoms with van der Waals surface area (Å²) in [5, 5.41) is 0. The van der Waals surface area contributed by atoms with Crippen LogP contribution in [0, 0.1) is 5.92 Å². The van der Waals surface area contributed by atoms with E-state index in [4.69, 9.17) is 0 Å². The number of halogens is 3.